The van der Waals surface area contributed by atoms with E-state index in [0.29, 0.717) is 18.9 Å². The van der Waals surface area contributed by atoms with E-state index in [1.54, 1.807) is 19.1 Å². The minimum Gasteiger partial charge on any atom is -0.492 e. The number of nitrogens with one attached hydrogen (secondary N) is 1. The first-order valence-electron chi connectivity index (χ1n) is 8.27. The van der Waals surface area contributed by atoms with Crippen molar-refractivity contribution in [1.82, 2.24) is 5.32 Å². The topological polar surface area (TPSA) is 47.6 Å². The van der Waals surface area contributed by atoms with Gasteiger partial charge < -0.3 is 14.8 Å². The number of halogens is 1. The maximum atomic E-state index is 12.8. The summed E-state index contributed by atoms with van der Waals surface area (Å²) < 4.78 is 24.0. The van der Waals surface area contributed by atoms with Crippen LogP contribution in [0.2, 0.25) is 0 Å². The van der Waals surface area contributed by atoms with Crippen LogP contribution < -0.4 is 14.8 Å². The monoisotopic (exact) mass is 345 g/mol. The van der Waals surface area contributed by atoms with Crippen molar-refractivity contribution in [2.75, 3.05) is 13.2 Å². The molecule has 25 heavy (non-hydrogen) atoms. The molecule has 0 saturated carbocycles. The summed E-state index contributed by atoms with van der Waals surface area (Å²) in [5.41, 5.74) is 3.26. The van der Waals surface area contributed by atoms with Crippen molar-refractivity contribution >= 4 is 5.91 Å². The normalized spacial score (nSPS) is 11.7. The zero-order valence-corrected chi connectivity index (χ0v) is 15.1. The van der Waals surface area contributed by atoms with E-state index in [4.69, 9.17) is 9.47 Å². The van der Waals surface area contributed by atoms with E-state index < -0.39 is 6.10 Å². The molecule has 0 fully saturated rings. The largest absolute Gasteiger partial charge is 0.492 e. The predicted octanol–water partition coefficient (Wildman–Crippen LogP) is 3.71. The molecule has 0 unspecified atom stereocenters. The Balaban J connectivity index is 1.79. The standard InChI is InChI=1S/C20H24FNO3/c1-13-11-14(2)15(3)19(12-13)25-16(4)20(23)22-9-10-24-18-7-5-17(21)6-8-18/h5-8,11-12,16H,9-10H2,1-4H3,(H,22,23)/t16-/m1/s1. The molecule has 0 radical (unpaired) electrons. The Hall–Kier alpha value is -2.56. The average molecular weight is 345 g/mol. The van der Waals surface area contributed by atoms with E-state index in [0.717, 1.165) is 22.4 Å². The van der Waals surface area contributed by atoms with Gasteiger partial charge in [-0.1, -0.05) is 6.07 Å². The molecule has 2 aromatic carbocycles. The molecule has 2 rings (SSSR count). The Bertz CT molecular complexity index is 728. The smallest absolute Gasteiger partial charge is 0.260 e. The van der Waals surface area contributed by atoms with Crippen LogP contribution in [0.15, 0.2) is 36.4 Å². The molecule has 0 aromatic heterocycles. The molecule has 0 aliphatic rings. The Labute approximate surface area is 148 Å². The van der Waals surface area contributed by atoms with Crippen LogP contribution in [0.4, 0.5) is 4.39 Å². The summed E-state index contributed by atoms with van der Waals surface area (Å²) in [5, 5.41) is 2.77. The second-order valence-corrected chi connectivity index (χ2v) is 6.06. The highest BCUT2D eigenvalue weighted by atomic mass is 19.1. The molecule has 2 aromatic rings. The second kappa shape index (κ2) is 8.51. The summed E-state index contributed by atoms with van der Waals surface area (Å²) >= 11 is 0. The number of carbonyl (C=O) groups excluding carboxylic acids is 1. The van der Waals surface area contributed by atoms with Crippen molar-refractivity contribution in [2.24, 2.45) is 0 Å². The van der Waals surface area contributed by atoms with Crippen LogP contribution in [-0.4, -0.2) is 25.2 Å². The van der Waals surface area contributed by atoms with Gasteiger partial charge in [-0.25, -0.2) is 4.39 Å². The molecule has 4 nitrogen and oxygen atoms in total. The fourth-order valence-corrected chi connectivity index (χ4v) is 2.38. The van der Waals surface area contributed by atoms with Crippen LogP contribution in [0.1, 0.15) is 23.6 Å². The first-order valence-corrected chi connectivity index (χ1v) is 8.27. The van der Waals surface area contributed by atoms with E-state index in [2.05, 4.69) is 11.4 Å². The van der Waals surface area contributed by atoms with Gasteiger partial charge in [-0.15, -0.1) is 0 Å². The molecule has 1 atom stereocenters. The van der Waals surface area contributed by atoms with Crippen molar-refractivity contribution < 1.29 is 18.7 Å². The highest BCUT2D eigenvalue weighted by Gasteiger charge is 2.16. The lowest BCUT2D eigenvalue weighted by Gasteiger charge is -2.18. The number of ether oxygens (including phenoxy) is 2. The zero-order chi connectivity index (χ0) is 18.4. The fraction of sp³-hybridized carbons (Fsp3) is 0.350. The lowest BCUT2D eigenvalue weighted by Crippen LogP contribution is -2.38. The number of aryl methyl sites for hydroxylation is 2. The summed E-state index contributed by atoms with van der Waals surface area (Å²) in [5.74, 6) is 0.767. The van der Waals surface area contributed by atoms with Gasteiger partial charge in [0.25, 0.3) is 5.91 Å². The first kappa shape index (κ1) is 18.8. The van der Waals surface area contributed by atoms with Crippen LogP contribution in [-0.2, 0) is 4.79 Å². The third-order valence-corrected chi connectivity index (χ3v) is 3.92. The van der Waals surface area contributed by atoms with E-state index in [1.807, 2.05) is 26.8 Å². The highest BCUT2D eigenvalue weighted by Crippen LogP contribution is 2.24. The van der Waals surface area contributed by atoms with Gasteiger partial charge in [0.1, 0.15) is 23.9 Å². The number of hydrogen-bond donors (Lipinski definition) is 1. The van der Waals surface area contributed by atoms with E-state index in [1.165, 1.54) is 12.1 Å². The summed E-state index contributed by atoms with van der Waals surface area (Å²) in [4.78, 5) is 12.1. The Morgan fingerprint density at radius 2 is 1.84 bits per heavy atom. The van der Waals surface area contributed by atoms with Gasteiger partial charge in [0.15, 0.2) is 6.10 Å². The maximum Gasteiger partial charge on any atom is 0.260 e. The van der Waals surface area contributed by atoms with E-state index in [9.17, 15) is 9.18 Å². The van der Waals surface area contributed by atoms with Crippen molar-refractivity contribution in [3.05, 3.63) is 58.9 Å². The molecule has 0 saturated heterocycles. The molecule has 0 heterocycles. The molecule has 0 aliphatic heterocycles. The zero-order valence-electron chi connectivity index (χ0n) is 15.1. The molecular formula is C20H24FNO3. The highest BCUT2D eigenvalue weighted by molar-refractivity contribution is 5.80. The average Bonchev–Trinajstić information content (AvgIpc) is 2.57. The SMILES string of the molecule is Cc1cc(C)c(C)c(O[C@H](C)C(=O)NCCOc2ccc(F)cc2)c1. The Morgan fingerprint density at radius 1 is 1.16 bits per heavy atom. The van der Waals surface area contributed by atoms with Crippen LogP contribution in [0.25, 0.3) is 0 Å². The van der Waals surface area contributed by atoms with Crippen LogP contribution in [0.3, 0.4) is 0 Å². The minimum atomic E-state index is -0.606. The molecular weight excluding hydrogens is 321 g/mol. The van der Waals surface area contributed by atoms with Crippen LogP contribution >= 0.6 is 0 Å². The number of benzene rings is 2. The molecule has 134 valence electrons. The quantitative estimate of drug-likeness (QED) is 0.778. The third-order valence-electron chi connectivity index (χ3n) is 3.92. The Morgan fingerprint density at radius 3 is 2.52 bits per heavy atom. The van der Waals surface area contributed by atoms with Crippen LogP contribution in [0, 0.1) is 26.6 Å². The van der Waals surface area contributed by atoms with Crippen molar-refractivity contribution in [3.8, 4) is 11.5 Å². The number of hydrogen-bond acceptors (Lipinski definition) is 3. The molecule has 0 bridgehead atoms. The summed E-state index contributed by atoms with van der Waals surface area (Å²) in [6.45, 7) is 8.35. The van der Waals surface area contributed by atoms with Gasteiger partial charge >= 0.3 is 0 Å². The van der Waals surface area contributed by atoms with Crippen molar-refractivity contribution in [3.63, 3.8) is 0 Å². The maximum absolute atomic E-state index is 12.8. The van der Waals surface area contributed by atoms with E-state index in [-0.39, 0.29) is 11.7 Å². The van der Waals surface area contributed by atoms with Gasteiger partial charge in [-0.3, -0.25) is 4.79 Å². The van der Waals surface area contributed by atoms with Gasteiger partial charge in [-0.05, 0) is 74.7 Å². The summed E-state index contributed by atoms with van der Waals surface area (Å²) in [6, 6.07) is 9.77. The molecule has 1 amide bonds. The molecule has 5 heteroatoms. The fourth-order valence-electron chi connectivity index (χ4n) is 2.38. The lowest BCUT2D eigenvalue weighted by atomic mass is 10.1. The summed E-state index contributed by atoms with van der Waals surface area (Å²) in [6.07, 6.45) is -0.606. The van der Waals surface area contributed by atoms with E-state index >= 15 is 0 Å². The number of rotatable bonds is 7. The van der Waals surface area contributed by atoms with Gasteiger partial charge in [0, 0.05) is 0 Å². The van der Waals surface area contributed by atoms with Gasteiger partial charge in [0.2, 0.25) is 0 Å². The molecule has 1 N–H and O–H groups in total. The second-order valence-electron chi connectivity index (χ2n) is 6.06. The third kappa shape index (κ3) is 5.48. The lowest BCUT2D eigenvalue weighted by molar-refractivity contribution is -0.127. The number of amides is 1. The molecule has 0 aliphatic carbocycles. The van der Waals surface area contributed by atoms with Crippen molar-refractivity contribution in [2.45, 2.75) is 33.8 Å². The predicted molar refractivity (Wildman–Crippen MR) is 95.6 cm³/mol. The Kier molecular flexibility index (Phi) is 6.39. The van der Waals surface area contributed by atoms with Gasteiger partial charge in [-0.2, -0.15) is 0 Å². The molecule has 0 spiro atoms. The van der Waals surface area contributed by atoms with Crippen LogP contribution in [0.5, 0.6) is 11.5 Å². The first-order chi connectivity index (χ1) is 11.9. The number of carbonyl (C=O) groups is 1. The minimum absolute atomic E-state index is 0.207. The summed E-state index contributed by atoms with van der Waals surface area (Å²) in [7, 11) is 0. The van der Waals surface area contributed by atoms with Crippen molar-refractivity contribution in [1.29, 1.82) is 0 Å². The van der Waals surface area contributed by atoms with Gasteiger partial charge in [0.05, 0.1) is 6.54 Å².